The van der Waals surface area contributed by atoms with Gasteiger partial charge in [-0.1, -0.05) is 0 Å². The SMILES string of the molecule is CC(C)(C)OC(=O)n1cccc1B(O)O.CN(C)C(=O)c1cc(-c2cccn2C(=O)OC(C)(C)C)c2oc(N3CCOCC3)cc(=O)c2c1.CN(C)C(=O)c1cc(Br)c2oc(N3CCOCC3)cc(=O)c2c1. The summed E-state index contributed by atoms with van der Waals surface area (Å²) >= 11 is 3.41. The molecule has 4 aromatic heterocycles. The number of ether oxygens (including phenoxy) is 4. The molecule has 6 heterocycles. The van der Waals surface area contributed by atoms with Gasteiger partial charge in [-0.05, 0) is 106 Å². The van der Waals surface area contributed by atoms with Crippen molar-refractivity contribution in [3.8, 4) is 11.3 Å². The van der Waals surface area contributed by atoms with E-state index in [0.717, 1.165) is 4.57 Å². The lowest BCUT2D eigenvalue weighted by Gasteiger charge is -2.27. The number of benzene rings is 2. The number of hydrogen-bond donors (Lipinski definition) is 2. The van der Waals surface area contributed by atoms with Gasteiger partial charge in [0.1, 0.15) is 16.8 Å². The number of fused-ring (bicyclic) bond motifs is 2. The minimum atomic E-state index is -1.69. The Kier molecular flexibility index (Phi) is 17.3. The van der Waals surface area contributed by atoms with Crippen LogP contribution in [0.4, 0.5) is 21.4 Å². The molecule has 8 rings (SSSR count). The average molecular weight is 1060 g/mol. The normalized spacial score (nSPS) is 13.9. The van der Waals surface area contributed by atoms with E-state index in [-0.39, 0.29) is 33.7 Å². The Morgan fingerprint density at radius 3 is 1.53 bits per heavy atom. The second-order valence-corrected chi connectivity index (χ2v) is 20.0. The quantitative estimate of drug-likeness (QED) is 0.193. The molecule has 20 nitrogen and oxygen atoms in total. The van der Waals surface area contributed by atoms with Gasteiger partial charge in [-0.2, -0.15) is 0 Å². The lowest BCUT2D eigenvalue weighted by Crippen LogP contribution is -2.40. The third-order valence-electron chi connectivity index (χ3n) is 10.8. The van der Waals surface area contributed by atoms with Crippen LogP contribution in [0.25, 0.3) is 33.2 Å². The van der Waals surface area contributed by atoms with Crippen LogP contribution < -0.4 is 26.3 Å². The Hall–Kier alpha value is -6.72. The van der Waals surface area contributed by atoms with Crippen LogP contribution in [0.1, 0.15) is 62.3 Å². The van der Waals surface area contributed by atoms with Gasteiger partial charge in [0.2, 0.25) is 0 Å². The smallest absolute Gasteiger partial charge is 0.443 e. The minimum Gasteiger partial charge on any atom is -0.443 e. The van der Waals surface area contributed by atoms with Crippen LogP contribution >= 0.6 is 15.9 Å². The van der Waals surface area contributed by atoms with E-state index in [4.69, 9.17) is 37.8 Å². The zero-order valence-electron chi connectivity index (χ0n) is 42.0. The van der Waals surface area contributed by atoms with Gasteiger partial charge in [0.25, 0.3) is 11.8 Å². The highest BCUT2D eigenvalue weighted by atomic mass is 79.9. The van der Waals surface area contributed by atoms with Gasteiger partial charge < -0.3 is 57.4 Å². The van der Waals surface area contributed by atoms with E-state index in [2.05, 4.69) is 15.9 Å². The van der Waals surface area contributed by atoms with Gasteiger partial charge >= 0.3 is 19.3 Å². The van der Waals surface area contributed by atoms with Gasteiger partial charge in [0.15, 0.2) is 28.2 Å². The highest BCUT2D eigenvalue weighted by Gasteiger charge is 2.27. The summed E-state index contributed by atoms with van der Waals surface area (Å²) in [7, 11) is 4.93. The molecule has 6 aromatic rings. The summed E-state index contributed by atoms with van der Waals surface area (Å²) < 4.78 is 36.5. The number of rotatable bonds is 6. The van der Waals surface area contributed by atoms with E-state index >= 15 is 0 Å². The van der Waals surface area contributed by atoms with Crippen molar-refractivity contribution in [2.45, 2.75) is 52.7 Å². The Balaban J connectivity index is 0.000000192. The first kappa shape index (κ1) is 54.6. The molecular formula is C50H60BBrN6O14. The molecule has 0 atom stereocenters. The molecule has 2 N–H and O–H groups in total. The van der Waals surface area contributed by atoms with Gasteiger partial charge in [0, 0.05) is 95.6 Å². The molecule has 2 aliphatic heterocycles. The molecule has 2 saturated heterocycles. The maximum Gasteiger partial charge on any atom is 0.506 e. The lowest BCUT2D eigenvalue weighted by atomic mass is 9.86. The van der Waals surface area contributed by atoms with Crippen LogP contribution in [0, 0.1) is 0 Å². The van der Waals surface area contributed by atoms with Gasteiger partial charge in [-0.25, -0.2) is 9.59 Å². The third-order valence-corrected chi connectivity index (χ3v) is 11.4. The monoisotopic (exact) mass is 1060 g/mol. The van der Waals surface area contributed by atoms with Crippen LogP contribution in [0.15, 0.2) is 96.0 Å². The minimum absolute atomic E-state index is 0.0873. The molecule has 2 aliphatic rings. The third kappa shape index (κ3) is 13.4. The van der Waals surface area contributed by atoms with Crippen LogP contribution in [-0.2, 0) is 18.9 Å². The van der Waals surface area contributed by atoms with Crippen molar-refractivity contribution in [1.82, 2.24) is 18.9 Å². The molecule has 2 amide bonds. The van der Waals surface area contributed by atoms with E-state index in [1.54, 1.807) is 112 Å². The molecule has 22 heteroatoms. The molecule has 0 spiro atoms. The molecular weight excluding hydrogens is 999 g/mol. The molecule has 72 heavy (non-hydrogen) atoms. The van der Waals surface area contributed by atoms with E-state index < -0.39 is 30.5 Å². The summed E-state index contributed by atoms with van der Waals surface area (Å²) in [5.74, 6) is 0.515. The number of carbonyl (C=O) groups is 4. The molecule has 384 valence electrons. The number of hydrogen-bond acceptors (Lipinski definition) is 16. The van der Waals surface area contributed by atoms with Crippen LogP contribution in [0.2, 0.25) is 0 Å². The number of nitrogens with zero attached hydrogens (tertiary/aromatic N) is 6. The summed E-state index contributed by atoms with van der Waals surface area (Å²) in [4.78, 5) is 81.9. The van der Waals surface area contributed by atoms with Crippen LogP contribution in [0.5, 0.6) is 0 Å². The van der Waals surface area contributed by atoms with Crippen LogP contribution in [-0.4, -0.2) is 152 Å². The number of anilines is 2. The highest BCUT2D eigenvalue weighted by Crippen LogP contribution is 2.33. The summed E-state index contributed by atoms with van der Waals surface area (Å²) in [6, 6.07) is 15.8. The van der Waals surface area contributed by atoms with Crippen molar-refractivity contribution in [1.29, 1.82) is 0 Å². The number of aromatic nitrogens is 2. The molecule has 0 aliphatic carbocycles. The second-order valence-electron chi connectivity index (χ2n) is 19.1. The number of carbonyl (C=O) groups excluding carboxylic acids is 4. The fourth-order valence-corrected chi connectivity index (χ4v) is 7.98. The first-order valence-corrected chi connectivity index (χ1v) is 23.8. The first-order valence-electron chi connectivity index (χ1n) is 23.0. The Morgan fingerprint density at radius 2 is 1.06 bits per heavy atom. The van der Waals surface area contributed by atoms with Gasteiger partial charge in [-0.15, -0.1) is 0 Å². The van der Waals surface area contributed by atoms with Crippen molar-refractivity contribution in [2.24, 2.45) is 0 Å². The summed E-state index contributed by atoms with van der Waals surface area (Å²) in [5, 5.41) is 18.6. The second kappa shape index (κ2) is 22.8. The topological polar surface area (TPSA) is 229 Å². The Bertz CT molecular complexity index is 3060. The van der Waals surface area contributed by atoms with E-state index in [1.807, 2.05) is 9.80 Å². The first-order chi connectivity index (χ1) is 33.8. The summed E-state index contributed by atoms with van der Waals surface area (Å²) in [5.41, 5.74) is 0.761. The lowest BCUT2D eigenvalue weighted by molar-refractivity contribution is 0.0529. The Labute approximate surface area is 424 Å². The van der Waals surface area contributed by atoms with Crippen molar-refractivity contribution >= 4 is 86.3 Å². The van der Waals surface area contributed by atoms with Crippen molar-refractivity contribution in [2.75, 3.05) is 90.6 Å². The van der Waals surface area contributed by atoms with E-state index in [0.29, 0.717) is 108 Å². The molecule has 2 fully saturated rings. The number of halogens is 1. The van der Waals surface area contributed by atoms with Crippen LogP contribution in [0.3, 0.4) is 0 Å². The highest BCUT2D eigenvalue weighted by molar-refractivity contribution is 9.10. The molecule has 0 radical (unpaired) electrons. The van der Waals surface area contributed by atoms with Gasteiger partial charge in [0.05, 0.1) is 53.0 Å². The van der Waals surface area contributed by atoms with E-state index in [9.17, 15) is 28.8 Å². The average Bonchev–Trinajstić information content (AvgIpc) is 4.03. The van der Waals surface area contributed by atoms with Crippen molar-refractivity contribution < 1.29 is 57.0 Å². The maximum absolute atomic E-state index is 13.2. The number of morpholine rings is 2. The standard InChI is InChI=1S/C25H29N3O6.C16H17BrN2O4.C9H14BNO4/c1-25(2,3)34-24(31)28-8-6-7-19(28)17-13-16(23(30)26(4)5)14-18-20(29)15-21(33-22(17)18)27-9-11-32-12-10-27;1-18(2)16(21)10-7-11-13(20)9-14(19-3-5-22-6-4-19)23-15(11)12(17)8-10;1-9(2,3)15-8(12)11-6-4-5-7(11)10(13)14/h6-8,13-15H,9-12H2,1-5H3;7-9H,3-6H2,1-2H3;4-6,13-14H,1-3H3. The summed E-state index contributed by atoms with van der Waals surface area (Å²) in [6.45, 7) is 15.4. The Morgan fingerprint density at radius 1 is 0.625 bits per heavy atom. The van der Waals surface area contributed by atoms with E-state index in [1.165, 1.54) is 44.8 Å². The number of amides is 2. The largest absolute Gasteiger partial charge is 0.506 e. The van der Waals surface area contributed by atoms with Crippen molar-refractivity contribution in [3.05, 3.63) is 109 Å². The molecule has 2 aromatic carbocycles. The fourth-order valence-electron chi connectivity index (χ4n) is 7.44. The summed E-state index contributed by atoms with van der Waals surface area (Å²) in [6.07, 6.45) is 1.80. The predicted molar refractivity (Wildman–Crippen MR) is 276 cm³/mol. The predicted octanol–water partition coefficient (Wildman–Crippen LogP) is 5.63. The van der Waals surface area contributed by atoms with Crippen molar-refractivity contribution in [3.63, 3.8) is 0 Å². The fraction of sp³-hybridized carbons (Fsp3) is 0.400. The maximum atomic E-state index is 13.2. The molecule has 0 bridgehead atoms. The zero-order chi connectivity index (χ0) is 52.8. The molecule has 0 unspecified atom stereocenters. The molecule has 0 saturated carbocycles. The zero-order valence-corrected chi connectivity index (χ0v) is 43.6. The van der Waals surface area contributed by atoms with Gasteiger partial charge in [-0.3, -0.25) is 28.3 Å².